The molecule has 0 saturated heterocycles. The maximum atomic E-state index is 12.5. The van der Waals surface area contributed by atoms with Gasteiger partial charge in [0.1, 0.15) is 0 Å². The molecule has 7 nitrogen and oxygen atoms in total. The summed E-state index contributed by atoms with van der Waals surface area (Å²) in [4.78, 5) is 12.5. The van der Waals surface area contributed by atoms with Crippen LogP contribution in [0.5, 0.6) is 11.5 Å². The summed E-state index contributed by atoms with van der Waals surface area (Å²) in [5.41, 5.74) is 1.02. The van der Waals surface area contributed by atoms with Crippen molar-refractivity contribution in [3.05, 3.63) is 23.8 Å². The van der Waals surface area contributed by atoms with Crippen LogP contribution in [-0.2, 0) is 4.79 Å². The summed E-state index contributed by atoms with van der Waals surface area (Å²) in [5, 5.41) is 15.2. The highest BCUT2D eigenvalue weighted by atomic mass is 32.2. The predicted octanol–water partition coefficient (Wildman–Crippen LogP) is 3.74. The van der Waals surface area contributed by atoms with Gasteiger partial charge in [-0.05, 0) is 30.5 Å². The van der Waals surface area contributed by atoms with Crippen LogP contribution in [0.4, 0.5) is 5.13 Å². The summed E-state index contributed by atoms with van der Waals surface area (Å²) in [6.07, 6.45) is 0.868. The van der Waals surface area contributed by atoms with Gasteiger partial charge in [0.25, 0.3) is 0 Å². The molecule has 2 aromatic rings. The summed E-state index contributed by atoms with van der Waals surface area (Å²) in [6.45, 7) is 8.29. The molecule has 0 radical (unpaired) electrons. The second kappa shape index (κ2) is 9.97. The molecule has 1 atom stereocenters. The molecule has 1 amide bonds. The number of nitrogens with zero attached hydrogens (tertiary/aromatic N) is 2. The van der Waals surface area contributed by atoms with Crippen molar-refractivity contribution in [2.24, 2.45) is 5.92 Å². The third-order valence-electron chi connectivity index (χ3n) is 4.18. The average molecular weight is 423 g/mol. The lowest BCUT2D eigenvalue weighted by molar-refractivity contribution is -0.119. The van der Waals surface area contributed by atoms with Crippen molar-refractivity contribution in [3.8, 4) is 11.5 Å². The number of anilines is 1. The molecule has 1 aliphatic rings. The summed E-state index contributed by atoms with van der Waals surface area (Å²) in [5.74, 6) is 2.01. The number of fused-ring (bicyclic) bond motifs is 1. The number of amides is 1. The molecule has 0 aliphatic carbocycles. The van der Waals surface area contributed by atoms with Crippen molar-refractivity contribution in [1.82, 2.24) is 15.5 Å². The van der Waals surface area contributed by atoms with Crippen LogP contribution in [0.2, 0.25) is 0 Å². The first-order valence-electron chi connectivity index (χ1n) is 9.46. The van der Waals surface area contributed by atoms with Gasteiger partial charge in [-0.3, -0.25) is 4.79 Å². The zero-order chi connectivity index (χ0) is 19.9. The number of ether oxygens (including phenoxy) is 2. The van der Waals surface area contributed by atoms with Crippen LogP contribution in [0.15, 0.2) is 22.5 Å². The fourth-order valence-electron chi connectivity index (χ4n) is 2.84. The predicted molar refractivity (Wildman–Crippen MR) is 113 cm³/mol. The molecule has 1 aliphatic heterocycles. The van der Waals surface area contributed by atoms with Crippen molar-refractivity contribution in [2.75, 3.05) is 30.8 Å². The molecule has 1 aromatic carbocycles. The Morgan fingerprint density at radius 3 is 2.79 bits per heavy atom. The van der Waals surface area contributed by atoms with Gasteiger partial charge in [-0.2, -0.15) is 0 Å². The Kier molecular flexibility index (Phi) is 7.38. The Morgan fingerprint density at radius 2 is 2.04 bits per heavy atom. The Balaban J connectivity index is 1.62. The van der Waals surface area contributed by atoms with E-state index in [1.54, 1.807) is 0 Å². The normalized spacial score (nSPS) is 14.4. The third-order valence-corrected chi connectivity index (χ3v) is 6.19. The van der Waals surface area contributed by atoms with Crippen LogP contribution in [0.25, 0.3) is 0 Å². The van der Waals surface area contributed by atoms with Gasteiger partial charge >= 0.3 is 0 Å². The fourth-order valence-corrected chi connectivity index (χ4v) is 4.47. The zero-order valence-electron chi connectivity index (χ0n) is 16.4. The summed E-state index contributed by atoms with van der Waals surface area (Å²) in [7, 11) is 0. The van der Waals surface area contributed by atoms with E-state index in [-0.39, 0.29) is 17.9 Å². The third kappa shape index (κ3) is 5.51. The molecule has 0 bridgehead atoms. The highest BCUT2D eigenvalue weighted by Crippen LogP contribution is 2.34. The lowest BCUT2D eigenvalue weighted by atomic mass is 9.95. The van der Waals surface area contributed by atoms with Crippen molar-refractivity contribution >= 4 is 34.1 Å². The number of aromatic nitrogens is 2. The number of hydrogen-bond acceptors (Lipinski definition) is 8. The largest absolute Gasteiger partial charge is 0.490 e. The molecule has 1 aromatic heterocycles. The van der Waals surface area contributed by atoms with Crippen molar-refractivity contribution in [3.63, 3.8) is 0 Å². The van der Waals surface area contributed by atoms with E-state index in [4.69, 9.17) is 9.47 Å². The van der Waals surface area contributed by atoms with Gasteiger partial charge in [-0.25, -0.2) is 0 Å². The van der Waals surface area contributed by atoms with Crippen LogP contribution in [0.3, 0.4) is 0 Å². The molecule has 2 N–H and O–H groups in total. The molecule has 0 spiro atoms. The van der Waals surface area contributed by atoms with Gasteiger partial charge < -0.3 is 20.1 Å². The summed E-state index contributed by atoms with van der Waals surface area (Å²) < 4.78 is 12.3. The van der Waals surface area contributed by atoms with Gasteiger partial charge in [-0.15, -0.1) is 10.2 Å². The van der Waals surface area contributed by atoms with Gasteiger partial charge in [0.05, 0.1) is 25.0 Å². The number of carbonyl (C=O) groups excluding carboxylic acids is 1. The highest BCUT2D eigenvalue weighted by molar-refractivity contribution is 8.01. The van der Waals surface area contributed by atoms with Gasteiger partial charge in [0.2, 0.25) is 11.0 Å². The van der Waals surface area contributed by atoms with E-state index < -0.39 is 0 Å². The number of thioether (sulfide) groups is 1. The van der Waals surface area contributed by atoms with E-state index in [1.165, 1.54) is 23.1 Å². The van der Waals surface area contributed by atoms with Crippen LogP contribution in [0, 0.1) is 5.92 Å². The van der Waals surface area contributed by atoms with Gasteiger partial charge in [0, 0.05) is 13.0 Å². The maximum Gasteiger partial charge on any atom is 0.230 e. The standard InChI is InChI=1S/C19H26N4O3S2/c1-4-20-18-22-23-19(28-18)27-11-16(24)21-17(12(2)3)13-6-7-14-15(10-13)26-9-5-8-25-14/h6-7,10,12,17H,4-5,8-9,11H2,1-3H3,(H,20,22)(H,21,24)/t17-/m1/s1. The summed E-state index contributed by atoms with van der Waals surface area (Å²) >= 11 is 2.86. The Morgan fingerprint density at radius 1 is 1.25 bits per heavy atom. The molecule has 3 rings (SSSR count). The SMILES string of the molecule is CCNc1nnc(SCC(=O)N[C@@H](c2ccc3c(c2)OCCCO3)C(C)C)s1. The minimum atomic E-state index is -0.100. The second-order valence-corrected chi connectivity index (χ2v) is 8.94. The molecule has 28 heavy (non-hydrogen) atoms. The van der Waals surface area contributed by atoms with Crippen LogP contribution < -0.4 is 20.1 Å². The van der Waals surface area contributed by atoms with E-state index in [9.17, 15) is 4.79 Å². The monoisotopic (exact) mass is 422 g/mol. The smallest absolute Gasteiger partial charge is 0.230 e. The topological polar surface area (TPSA) is 85.4 Å². The Labute approximate surface area is 173 Å². The fraction of sp³-hybridized carbons (Fsp3) is 0.526. The molecule has 152 valence electrons. The zero-order valence-corrected chi connectivity index (χ0v) is 18.0. The number of nitrogens with one attached hydrogen (secondary N) is 2. The molecule has 0 unspecified atom stereocenters. The second-order valence-electron chi connectivity index (χ2n) is 6.74. The number of benzene rings is 1. The molecular weight excluding hydrogens is 396 g/mol. The number of rotatable bonds is 8. The minimum absolute atomic E-state index is 0.0315. The van der Waals surface area contributed by atoms with Crippen molar-refractivity contribution in [2.45, 2.75) is 37.6 Å². The minimum Gasteiger partial charge on any atom is -0.490 e. The lowest BCUT2D eigenvalue weighted by Gasteiger charge is -2.23. The van der Waals surface area contributed by atoms with E-state index in [2.05, 4.69) is 34.7 Å². The van der Waals surface area contributed by atoms with E-state index in [1.807, 2.05) is 25.1 Å². The molecular formula is C19H26N4O3S2. The Hall–Kier alpha value is -2.00. The first kappa shape index (κ1) is 20.7. The van der Waals surface area contributed by atoms with E-state index in [0.29, 0.717) is 19.0 Å². The van der Waals surface area contributed by atoms with Crippen LogP contribution in [0.1, 0.15) is 38.8 Å². The molecule has 0 fully saturated rings. The van der Waals surface area contributed by atoms with Gasteiger partial charge in [0.15, 0.2) is 15.8 Å². The first-order chi connectivity index (χ1) is 13.6. The van der Waals surface area contributed by atoms with Crippen molar-refractivity contribution < 1.29 is 14.3 Å². The Bertz CT molecular complexity index is 797. The number of hydrogen-bond donors (Lipinski definition) is 2. The highest BCUT2D eigenvalue weighted by Gasteiger charge is 2.21. The quantitative estimate of drug-likeness (QED) is 0.627. The number of carbonyl (C=O) groups is 1. The molecule has 9 heteroatoms. The first-order valence-corrected chi connectivity index (χ1v) is 11.3. The van der Waals surface area contributed by atoms with Crippen LogP contribution >= 0.6 is 23.1 Å². The summed E-state index contributed by atoms with van der Waals surface area (Å²) in [6, 6.07) is 5.80. The van der Waals surface area contributed by atoms with E-state index in [0.717, 1.165) is 39.5 Å². The lowest BCUT2D eigenvalue weighted by Crippen LogP contribution is -2.33. The van der Waals surface area contributed by atoms with Gasteiger partial charge in [-0.1, -0.05) is 43.0 Å². The van der Waals surface area contributed by atoms with Crippen molar-refractivity contribution in [1.29, 1.82) is 0 Å². The van der Waals surface area contributed by atoms with E-state index >= 15 is 0 Å². The molecule has 2 heterocycles. The average Bonchev–Trinajstić information content (AvgIpc) is 2.99. The van der Waals surface area contributed by atoms with Crippen LogP contribution in [-0.4, -0.2) is 41.6 Å². The maximum absolute atomic E-state index is 12.5. The molecule has 0 saturated carbocycles.